The van der Waals surface area contributed by atoms with E-state index in [0.29, 0.717) is 0 Å². The number of hydrogen-bond donors (Lipinski definition) is 0. The Morgan fingerprint density at radius 2 is 2.16 bits per heavy atom. The van der Waals surface area contributed by atoms with Crippen LogP contribution >= 0.6 is 0 Å². The van der Waals surface area contributed by atoms with Crippen molar-refractivity contribution in [3.8, 4) is 0 Å². The van der Waals surface area contributed by atoms with Gasteiger partial charge in [0, 0.05) is 6.61 Å². The molecular formula is C17H24O2. The zero-order valence-electron chi connectivity index (χ0n) is 12.2. The molecule has 0 radical (unpaired) electrons. The predicted molar refractivity (Wildman–Crippen MR) is 79.1 cm³/mol. The smallest absolute Gasteiger partial charge is 0.158 e. The number of aryl methyl sites for hydroxylation is 2. The Kier molecular flexibility index (Phi) is 4.78. The van der Waals surface area contributed by atoms with Gasteiger partial charge in [0.05, 0.1) is 6.10 Å². The monoisotopic (exact) mass is 260 g/mol. The second-order valence-corrected chi connectivity index (χ2v) is 5.42. The second kappa shape index (κ2) is 6.36. The van der Waals surface area contributed by atoms with E-state index in [4.69, 9.17) is 9.47 Å². The zero-order valence-corrected chi connectivity index (χ0v) is 12.2. The van der Waals surface area contributed by atoms with Crippen LogP contribution in [0.25, 0.3) is 5.57 Å². The molecule has 0 aliphatic carbocycles. The van der Waals surface area contributed by atoms with Crippen molar-refractivity contribution < 1.29 is 9.47 Å². The summed E-state index contributed by atoms with van der Waals surface area (Å²) in [6.07, 6.45) is 3.25. The van der Waals surface area contributed by atoms with E-state index < -0.39 is 0 Å². The minimum absolute atomic E-state index is 0.00972. The van der Waals surface area contributed by atoms with Crippen molar-refractivity contribution in [1.82, 2.24) is 0 Å². The van der Waals surface area contributed by atoms with Gasteiger partial charge in [-0.25, -0.2) is 0 Å². The Bertz CT molecular complexity index is 445. The molecule has 2 rings (SSSR count). The lowest BCUT2D eigenvalue weighted by atomic mass is 9.97. The van der Waals surface area contributed by atoms with Crippen LogP contribution in [0.2, 0.25) is 0 Å². The van der Waals surface area contributed by atoms with E-state index in [-0.39, 0.29) is 12.4 Å². The molecule has 0 saturated carbocycles. The standard InChI is InChI=1S/C17H24O2/c1-12-8-9-16(13(2)11-12)14(3)15(4)19-17-7-5-6-10-18-17/h8-9,11,15,17H,3,5-7,10H2,1-2,4H3/t15-,17?/m1/s1. The molecule has 1 heterocycles. The van der Waals surface area contributed by atoms with Crippen LogP contribution in [-0.2, 0) is 9.47 Å². The summed E-state index contributed by atoms with van der Waals surface area (Å²) in [5, 5.41) is 0. The molecule has 1 aliphatic heterocycles. The number of rotatable bonds is 4. The average Bonchev–Trinajstić information content (AvgIpc) is 2.39. The van der Waals surface area contributed by atoms with E-state index >= 15 is 0 Å². The fourth-order valence-electron chi connectivity index (χ4n) is 2.52. The molecule has 0 spiro atoms. The lowest BCUT2D eigenvalue weighted by Gasteiger charge is -2.27. The molecule has 1 fully saturated rings. The summed E-state index contributed by atoms with van der Waals surface area (Å²) >= 11 is 0. The maximum absolute atomic E-state index is 5.97. The fourth-order valence-corrected chi connectivity index (χ4v) is 2.52. The number of hydrogen-bond acceptors (Lipinski definition) is 2. The third kappa shape index (κ3) is 3.68. The Morgan fingerprint density at radius 3 is 2.79 bits per heavy atom. The highest BCUT2D eigenvalue weighted by Gasteiger charge is 2.19. The van der Waals surface area contributed by atoms with Crippen LogP contribution in [-0.4, -0.2) is 19.0 Å². The largest absolute Gasteiger partial charge is 0.353 e. The zero-order chi connectivity index (χ0) is 13.8. The summed E-state index contributed by atoms with van der Waals surface area (Å²) in [6, 6.07) is 6.44. The van der Waals surface area contributed by atoms with E-state index in [2.05, 4.69) is 45.5 Å². The Hall–Kier alpha value is -1.12. The van der Waals surface area contributed by atoms with Gasteiger partial charge in [-0.15, -0.1) is 0 Å². The maximum Gasteiger partial charge on any atom is 0.158 e. The minimum atomic E-state index is -0.0637. The van der Waals surface area contributed by atoms with Crippen LogP contribution in [0, 0.1) is 13.8 Å². The van der Waals surface area contributed by atoms with Gasteiger partial charge in [-0.2, -0.15) is 0 Å². The molecule has 1 aromatic rings. The molecule has 0 aromatic heterocycles. The lowest BCUT2D eigenvalue weighted by molar-refractivity contribution is -0.172. The first-order valence-corrected chi connectivity index (χ1v) is 7.11. The quantitative estimate of drug-likeness (QED) is 0.805. The van der Waals surface area contributed by atoms with Crippen molar-refractivity contribution in [2.75, 3.05) is 6.61 Å². The molecule has 2 nitrogen and oxygen atoms in total. The molecule has 1 saturated heterocycles. The van der Waals surface area contributed by atoms with Gasteiger partial charge in [0.2, 0.25) is 0 Å². The Balaban J connectivity index is 2.01. The van der Waals surface area contributed by atoms with Gasteiger partial charge in [0.1, 0.15) is 0 Å². The fraction of sp³-hybridized carbons (Fsp3) is 0.529. The molecule has 2 atom stereocenters. The first-order chi connectivity index (χ1) is 9.08. The van der Waals surface area contributed by atoms with Gasteiger partial charge in [-0.05, 0) is 56.7 Å². The highest BCUT2D eigenvalue weighted by atomic mass is 16.7. The summed E-state index contributed by atoms with van der Waals surface area (Å²) in [7, 11) is 0. The summed E-state index contributed by atoms with van der Waals surface area (Å²) in [4.78, 5) is 0. The minimum Gasteiger partial charge on any atom is -0.353 e. The molecule has 0 N–H and O–H groups in total. The predicted octanol–water partition coefficient (Wildman–Crippen LogP) is 4.25. The molecule has 1 aromatic carbocycles. The van der Waals surface area contributed by atoms with Crippen molar-refractivity contribution in [2.45, 2.75) is 52.4 Å². The molecule has 104 valence electrons. The van der Waals surface area contributed by atoms with Crippen LogP contribution in [0.4, 0.5) is 0 Å². The van der Waals surface area contributed by atoms with Crippen molar-refractivity contribution in [1.29, 1.82) is 0 Å². The average molecular weight is 260 g/mol. The first-order valence-electron chi connectivity index (χ1n) is 7.11. The highest BCUT2D eigenvalue weighted by Crippen LogP contribution is 2.25. The van der Waals surface area contributed by atoms with Gasteiger partial charge in [0.15, 0.2) is 6.29 Å². The number of benzene rings is 1. The first kappa shape index (κ1) is 14.3. The van der Waals surface area contributed by atoms with Crippen LogP contribution in [0.5, 0.6) is 0 Å². The van der Waals surface area contributed by atoms with E-state index in [1.165, 1.54) is 23.1 Å². The van der Waals surface area contributed by atoms with Crippen LogP contribution in [0.3, 0.4) is 0 Å². The Labute approximate surface area is 116 Å². The third-order valence-electron chi connectivity index (χ3n) is 3.71. The van der Waals surface area contributed by atoms with E-state index in [0.717, 1.165) is 25.0 Å². The van der Waals surface area contributed by atoms with Crippen LogP contribution in [0.1, 0.15) is 42.9 Å². The summed E-state index contributed by atoms with van der Waals surface area (Å²) in [6.45, 7) is 11.3. The second-order valence-electron chi connectivity index (χ2n) is 5.42. The molecule has 0 amide bonds. The summed E-state index contributed by atoms with van der Waals surface area (Å²) in [5.41, 5.74) is 4.75. The Morgan fingerprint density at radius 1 is 1.37 bits per heavy atom. The van der Waals surface area contributed by atoms with E-state index in [1.807, 2.05) is 0 Å². The summed E-state index contributed by atoms with van der Waals surface area (Å²) < 4.78 is 11.6. The van der Waals surface area contributed by atoms with Crippen molar-refractivity contribution in [3.05, 3.63) is 41.5 Å². The SMILES string of the molecule is C=C(c1ccc(C)cc1C)[C@@H](C)OC1CCCCO1. The molecular weight excluding hydrogens is 236 g/mol. The van der Waals surface area contributed by atoms with Gasteiger partial charge < -0.3 is 9.47 Å². The molecule has 1 unspecified atom stereocenters. The molecule has 19 heavy (non-hydrogen) atoms. The van der Waals surface area contributed by atoms with Crippen LogP contribution in [0.15, 0.2) is 24.8 Å². The van der Waals surface area contributed by atoms with Crippen LogP contribution < -0.4 is 0 Å². The lowest BCUT2D eigenvalue weighted by Crippen LogP contribution is -2.27. The van der Waals surface area contributed by atoms with Crippen molar-refractivity contribution in [3.63, 3.8) is 0 Å². The maximum atomic E-state index is 5.97. The van der Waals surface area contributed by atoms with Crippen molar-refractivity contribution >= 4 is 5.57 Å². The van der Waals surface area contributed by atoms with E-state index in [1.54, 1.807) is 0 Å². The van der Waals surface area contributed by atoms with Gasteiger partial charge in [-0.3, -0.25) is 0 Å². The summed E-state index contributed by atoms with van der Waals surface area (Å²) in [5.74, 6) is 0. The van der Waals surface area contributed by atoms with E-state index in [9.17, 15) is 0 Å². The topological polar surface area (TPSA) is 18.5 Å². The normalized spacial score (nSPS) is 21.1. The molecule has 0 bridgehead atoms. The molecule has 1 aliphatic rings. The van der Waals surface area contributed by atoms with Gasteiger partial charge in [0.25, 0.3) is 0 Å². The third-order valence-corrected chi connectivity index (χ3v) is 3.71. The highest BCUT2D eigenvalue weighted by molar-refractivity contribution is 5.69. The van der Waals surface area contributed by atoms with Gasteiger partial charge in [-0.1, -0.05) is 30.3 Å². The van der Waals surface area contributed by atoms with Gasteiger partial charge >= 0.3 is 0 Å². The molecule has 2 heteroatoms. The van der Waals surface area contributed by atoms with Crippen molar-refractivity contribution in [2.24, 2.45) is 0 Å². The number of ether oxygens (including phenoxy) is 2.